The molecule has 0 spiro atoms. The van der Waals surface area contributed by atoms with E-state index in [-0.39, 0.29) is 11.9 Å². The summed E-state index contributed by atoms with van der Waals surface area (Å²) in [6, 6.07) is 17.3. The average Bonchev–Trinajstić information content (AvgIpc) is 2.84. The Bertz CT molecular complexity index is 659. The number of ether oxygens (including phenoxy) is 2. The van der Waals surface area contributed by atoms with E-state index in [0.717, 1.165) is 5.56 Å². The van der Waals surface area contributed by atoms with E-state index >= 15 is 0 Å². The SMILES string of the molecule is Cc1ccc([C@H]2OC(C)(C)O[C@H]2C(=O)c2ccccc2)cc1. The Labute approximate surface area is 130 Å². The summed E-state index contributed by atoms with van der Waals surface area (Å²) >= 11 is 0. The molecule has 22 heavy (non-hydrogen) atoms. The smallest absolute Gasteiger partial charge is 0.194 e. The molecule has 0 amide bonds. The minimum atomic E-state index is -0.773. The molecule has 3 nitrogen and oxygen atoms in total. The molecule has 2 aromatic carbocycles. The Morgan fingerprint density at radius 2 is 1.59 bits per heavy atom. The fourth-order valence-electron chi connectivity index (χ4n) is 2.72. The summed E-state index contributed by atoms with van der Waals surface area (Å²) in [5.41, 5.74) is 2.78. The molecule has 0 bridgehead atoms. The molecule has 0 N–H and O–H groups in total. The molecule has 0 unspecified atom stereocenters. The quantitative estimate of drug-likeness (QED) is 0.801. The summed E-state index contributed by atoms with van der Waals surface area (Å²) in [5, 5.41) is 0. The lowest BCUT2D eigenvalue weighted by Gasteiger charge is -2.17. The number of benzene rings is 2. The molecule has 1 fully saturated rings. The van der Waals surface area contributed by atoms with Gasteiger partial charge in [0.2, 0.25) is 0 Å². The zero-order valence-electron chi connectivity index (χ0n) is 13.1. The van der Waals surface area contributed by atoms with Gasteiger partial charge in [0, 0.05) is 5.56 Å². The van der Waals surface area contributed by atoms with Gasteiger partial charge in [0.15, 0.2) is 17.7 Å². The second-order valence-electron chi connectivity index (χ2n) is 6.12. The van der Waals surface area contributed by atoms with E-state index in [1.165, 1.54) is 5.56 Å². The van der Waals surface area contributed by atoms with Gasteiger partial charge in [-0.25, -0.2) is 0 Å². The van der Waals surface area contributed by atoms with Crippen LogP contribution in [0, 0.1) is 6.92 Å². The third-order valence-corrected chi connectivity index (χ3v) is 3.82. The first-order chi connectivity index (χ1) is 10.5. The van der Waals surface area contributed by atoms with Crippen LogP contribution in [-0.4, -0.2) is 17.7 Å². The van der Waals surface area contributed by atoms with Gasteiger partial charge in [-0.1, -0.05) is 60.2 Å². The van der Waals surface area contributed by atoms with Gasteiger partial charge >= 0.3 is 0 Å². The molecule has 1 aliphatic rings. The molecular weight excluding hydrogens is 276 g/mol. The summed E-state index contributed by atoms with van der Waals surface area (Å²) in [6.45, 7) is 5.71. The fourth-order valence-corrected chi connectivity index (χ4v) is 2.72. The normalized spacial score (nSPS) is 23.4. The molecule has 1 aliphatic heterocycles. The highest BCUT2D eigenvalue weighted by atomic mass is 16.8. The number of aryl methyl sites for hydroxylation is 1. The predicted octanol–water partition coefficient (Wildman–Crippen LogP) is 4.07. The summed E-state index contributed by atoms with van der Waals surface area (Å²) in [4.78, 5) is 12.8. The highest BCUT2D eigenvalue weighted by Crippen LogP contribution is 2.39. The van der Waals surface area contributed by atoms with E-state index in [4.69, 9.17) is 9.47 Å². The summed E-state index contributed by atoms with van der Waals surface area (Å²) in [5.74, 6) is -0.818. The predicted molar refractivity (Wildman–Crippen MR) is 84.7 cm³/mol. The molecule has 3 heteroatoms. The average molecular weight is 296 g/mol. The van der Waals surface area contributed by atoms with Crippen molar-refractivity contribution >= 4 is 5.78 Å². The van der Waals surface area contributed by atoms with Crippen LogP contribution in [-0.2, 0) is 9.47 Å². The van der Waals surface area contributed by atoms with Crippen molar-refractivity contribution in [3.63, 3.8) is 0 Å². The number of hydrogen-bond acceptors (Lipinski definition) is 3. The molecular formula is C19H20O3. The van der Waals surface area contributed by atoms with Crippen molar-refractivity contribution < 1.29 is 14.3 Å². The lowest BCUT2D eigenvalue weighted by Crippen LogP contribution is -2.28. The van der Waals surface area contributed by atoms with Gasteiger partial charge in [0.1, 0.15) is 6.10 Å². The van der Waals surface area contributed by atoms with E-state index < -0.39 is 11.9 Å². The van der Waals surface area contributed by atoms with E-state index in [0.29, 0.717) is 5.56 Å². The van der Waals surface area contributed by atoms with Gasteiger partial charge in [0.05, 0.1) is 0 Å². The molecule has 0 aromatic heterocycles. The minimum Gasteiger partial charge on any atom is -0.339 e. The molecule has 3 rings (SSSR count). The van der Waals surface area contributed by atoms with Crippen LogP contribution >= 0.6 is 0 Å². The van der Waals surface area contributed by atoms with Crippen LogP contribution in [0.3, 0.4) is 0 Å². The number of rotatable bonds is 3. The first-order valence-electron chi connectivity index (χ1n) is 7.48. The van der Waals surface area contributed by atoms with Gasteiger partial charge in [0.25, 0.3) is 0 Å². The van der Waals surface area contributed by atoms with Crippen LogP contribution in [0.15, 0.2) is 54.6 Å². The molecule has 2 aromatic rings. The third-order valence-electron chi connectivity index (χ3n) is 3.82. The van der Waals surface area contributed by atoms with E-state index in [9.17, 15) is 4.79 Å². The van der Waals surface area contributed by atoms with Crippen molar-refractivity contribution in [2.75, 3.05) is 0 Å². The molecule has 1 heterocycles. The van der Waals surface area contributed by atoms with Crippen molar-refractivity contribution in [2.24, 2.45) is 0 Å². The number of carbonyl (C=O) groups excluding carboxylic acids is 1. The second kappa shape index (κ2) is 5.67. The molecule has 0 saturated carbocycles. The second-order valence-corrected chi connectivity index (χ2v) is 6.12. The Kier molecular flexibility index (Phi) is 3.85. The van der Waals surface area contributed by atoms with Crippen molar-refractivity contribution in [2.45, 2.75) is 38.8 Å². The van der Waals surface area contributed by atoms with Crippen molar-refractivity contribution in [3.05, 3.63) is 71.3 Å². The van der Waals surface area contributed by atoms with Gasteiger partial charge in [-0.05, 0) is 26.3 Å². The van der Waals surface area contributed by atoms with Crippen LogP contribution in [0.2, 0.25) is 0 Å². The van der Waals surface area contributed by atoms with E-state index in [1.807, 2.05) is 75.4 Å². The molecule has 0 radical (unpaired) electrons. The summed E-state index contributed by atoms with van der Waals surface area (Å²) < 4.78 is 11.9. The van der Waals surface area contributed by atoms with Crippen LogP contribution in [0.4, 0.5) is 0 Å². The Morgan fingerprint density at radius 3 is 2.23 bits per heavy atom. The highest BCUT2D eigenvalue weighted by molar-refractivity contribution is 6.00. The Hall–Kier alpha value is -1.97. The summed E-state index contributed by atoms with van der Waals surface area (Å²) in [6.07, 6.45) is -1.01. The largest absolute Gasteiger partial charge is 0.339 e. The first-order valence-corrected chi connectivity index (χ1v) is 7.48. The van der Waals surface area contributed by atoms with Crippen molar-refractivity contribution in [1.29, 1.82) is 0 Å². The maximum Gasteiger partial charge on any atom is 0.194 e. The third kappa shape index (κ3) is 2.96. The van der Waals surface area contributed by atoms with Crippen LogP contribution in [0.1, 0.15) is 41.4 Å². The maximum atomic E-state index is 12.8. The van der Waals surface area contributed by atoms with Gasteiger partial charge in [-0.3, -0.25) is 4.79 Å². The van der Waals surface area contributed by atoms with E-state index in [2.05, 4.69) is 0 Å². The van der Waals surface area contributed by atoms with Crippen LogP contribution < -0.4 is 0 Å². The summed E-state index contributed by atoms with van der Waals surface area (Å²) in [7, 11) is 0. The lowest BCUT2D eigenvalue weighted by molar-refractivity contribution is -0.143. The number of hydrogen-bond donors (Lipinski definition) is 0. The monoisotopic (exact) mass is 296 g/mol. The van der Waals surface area contributed by atoms with Crippen molar-refractivity contribution in [3.8, 4) is 0 Å². The molecule has 0 aliphatic carbocycles. The zero-order valence-corrected chi connectivity index (χ0v) is 13.1. The van der Waals surface area contributed by atoms with Crippen molar-refractivity contribution in [1.82, 2.24) is 0 Å². The van der Waals surface area contributed by atoms with Crippen LogP contribution in [0.25, 0.3) is 0 Å². The molecule has 2 atom stereocenters. The molecule has 114 valence electrons. The van der Waals surface area contributed by atoms with Gasteiger partial charge in [-0.2, -0.15) is 0 Å². The number of Topliss-reactive ketones (excluding diaryl/α,β-unsaturated/α-hetero) is 1. The Balaban J connectivity index is 1.93. The fraction of sp³-hybridized carbons (Fsp3) is 0.316. The molecule has 1 saturated heterocycles. The zero-order chi connectivity index (χ0) is 15.7. The number of ketones is 1. The lowest BCUT2D eigenvalue weighted by atomic mass is 9.97. The first kappa shape index (κ1) is 14.9. The topological polar surface area (TPSA) is 35.5 Å². The number of carbonyl (C=O) groups is 1. The minimum absolute atomic E-state index is 0.0447. The maximum absolute atomic E-state index is 12.8. The van der Waals surface area contributed by atoms with Gasteiger partial charge in [-0.15, -0.1) is 0 Å². The van der Waals surface area contributed by atoms with E-state index in [1.54, 1.807) is 0 Å². The highest BCUT2D eigenvalue weighted by Gasteiger charge is 2.45. The standard InChI is InChI=1S/C19H20O3/c1-13-9-11-15(12-10-13)17-18(22-19(2,3)21-17)16(20)14-7-5-4-6-8-14/h4-12,17-18H,1-3H3/t17-,18+/m1/s1. The van der Waals surface area contributed by atoms with Gasteiger partial charge < -0.3 is 9.47 Å². The Morgan fingerprint density at radius 1 is 0.955 bits per heavy atom. The van der Waals surface area contributed by atoms with Crippen LogP contribution in [0.5, 0.6) is 0 Å².